The lowest BCUT2D eigenvalue weighted by atomic mass is 10.2. The Balaban J connectivity index is 1.81. The number of anilines is 2. The highest BCUT2D eigenvalue weighted by molar-refractivity contribution is 6.04. The van der Waals surface area contributed by atoms with Crippen LogP contribution in [0.3, 0.4) is 0 Å². The normalized spacial score (nSPS) is 23.0. The van der Waals surface area contributed by atoms with E-state index >= 15 is 0 Å². The molecule has 0 aromatic heterocycles. The lowest BCUT2D eigenvalue weighted by Crippen LogP contribution is -2.43. The van der Waals surface area contributed by atoms with Gasteiger partial charge in [-0.2, -0.15) is 0 Å². The molecule has 0 unspecified atom stereocenters. The number of urea groups is 1. The molecule has 3 rings (SSSR count). The predicted octanol–water partition coefficient (Wildman–Crippen LogP) is 1.21. The Hall–Kier alpha value is -2.35. The van der Waals surface area contributed by atoms with Crippen LogP contribution in [0, 0.1) is 0 Å². The number of hydrogen-bond donors (Lipinski definition) is 2. The highest BCUT2D eigenvalue weighted by Gasteiger charge is 2.35. The lowest BCUT2D eigenvalue weighted by molar-refractivity contribution is -0.120. The average Bonchev–Trinajstić information content (AvgIpc) is 2.92. The van der Waals surface area contributed by atoms with Gasteiger partial charge in [-0.25, -0.2) is 9.18 Å². The van der Waals surface area contributed by atoms with Crippen LogP contribution < -0.4 is 20.3 Å². The summed E-state index contributed by atoms with van der Waals surface area (Å²) in [7, 11) is 3.41. The number of amides is 3. The Kier molecular flexibility index (Phi) is 4.57. The van der Waals surface area contributed by atoms with Gasteiger partial charge in [-0.3, -0.25) is 4.79 Å². The SMILES string of the molecule is CNC[C@@H]1C[C@H](F)CN1C(=O)Nc1cccc2c1N(C)C(=O)CO2. The molecule has 1 fully saturated rings. The van der Waals surface area contributed by atoms with Gasteiger partial charge in [0.05, 0.1) is 12.2 Å². The van der Waals surface area contributed by atoms with Gasteiger partial charge in [-0.1, -0.05) is 6.07 Å². The fraction of sp³-hybridized carbons (Fsp3) is 0.500. The Bertz CT molecular complexity index is 654. The van der Waals surface area contributed by atoms with Crippen molar-refractivity contribution in [2.45, 2.75) is 18.6 Å². The fourth-order valence-electron chi connectivity index (χ4n) is 3.17. The molecule has 0 saturated carbocycles. The van der Waals surface area contributed by atoms with Gasteiger partial charge in [0.15, 0.2) is 6.61 Å². The van der Waals surface area contributed by atoms with E-state index in [0.717, 1.165) is 0 Å². The van der Waals surface area contributed by atoms with Gasteiger partial charge in [0.2, 0.25) is 0 Å². The number of benzene rings is 1. The summed E-state index contributed by atoms with van der Waals surface area (Å²) in [6.45, 7) is 0.571. The van der Waals surface area contributed by atoms with Gasteiger partial charge < -0.3 is 25.2 Å². The Morgan fingerprint density at radius 1 is 1.46 bits per heavy atom. The van der Waals surface area contributed by atoms with Gasteiger partial charge in [-0.05, 0) is 19.2 Å². The van der Waals surface area contributed by atoms with Crippen molar-refractivity contribution < 1.29 is 18.7 Å². The third-order valence-electron chi connectivity index (χ3n) is 4.37. The van der Waals surface area contributed by atoms with E-state index in [1.54, 1.807) is 32.3 Å². The maximum absolute atomic E-state index is 13.7. The second kappa shape index (κ2) is 6.64. The minimum absolute atomic E-state index is 0.0270. The molecule has 3 amide bonds. The molecule has 0 spiro atoms. The molecule has 2 aliphatic rings. The van der Waals surface area contributed by atoms with Crippen LogP contribution in [0.15, 0.2) is 18.2 Å². The molecular formula is C16H21FN4O3. The van der Waals surface area contributed by atoms with Crippen LogP contribution in [0.4, 0.5) is 20.6 Å². The Morgan fingerprint density at radius 2 is 2.25 bits per heavy atom. The minimum Gasteiger partial charge on any atom is -0.481 e. The van der Waals surface area contributed by atoms with Crippen LogP contribution in [0.25, 0.3) is 0 Å². The number of likely N-dealkylation sites (N-methyl/N-ethyl adjacent to an activating group) is 2. The van der Waals surface area contributed by atoms with Gasteiger partial charge in [0.25, 0.3) is 5.91 Å². The smallest absolute Gasteiger partial charge is 0.322 e. The van der Waals surface area contributed by atoms with E-state index in [9.17, 15) is 14.0 Å². The summed E-state index contributed by atoms with van der Waals surface area (Å²) in [6, 6.07) is 4.61. The van der Waals surface area contributed by atoms with Crippen molar-refractivity contribution in [2.24, 2.45) is 0 Å². The van der Waals surface area contributed by atoms with Crippen LogP contribution in [0.1, 0.15) is 6.42 Å². The number of ether oxygens (including phenoxy) is 1. The number of hydrogen-bond acceptors (Lipinski definition) is 4. The van der Waals surface area contributed by atoms with Crippen molar-refractivity contribution in [2.75, 3.05) is 44.0 Å². The molecule has 2 atom stereocenters. The largest absolute Gasteiger partial charge is 0.481 e. The topological polar surface area (TPSA) is 73.9 Å². The first-order valence-electron chi connectivity index (χ1n) is 7.90. The zero-order valence-corrected chi connectivity index (χ0v) is 13.7. The van der Waals surface area contributed by atoms with Crippen LogP contribution in [-0.4, -0.2) is 62.8 Å². The van der Waals surface area contributed by atoms with E-state index in [0.29, 0.717) is 30.1 Å². The Labute approximate surface area is 139 Å². The van der Waals surface area contributed by atoms with Crippen molar-refractivity contribution >= 4 is 23.3 Å². The summed E-state index contributed by atoms with van der Waals surface area (Å²) in [5.74, 6) is 0.341. The summed E-state index contributed by atoms with van der Waals surface area (Å²) >= 11 is 0. The molecule has 130 valence electrons. The third kappa shape index (κ3) is 3.01. The molecule has 2 heterocycles. The number of halogens is 1. The van der Waals surface area contributed by atoms with Gasteiger partial charge >= 0.3 is 6.03 Å². The van der Waals surface area contributed by atoms with Crippen molar-refractivity contribution in [1.82, 2.24) is 10.2 Å². The first-order valence-corrected chi connectivity index (χ1v) is 7.90. The predicted molar refractivity (Wildman–Crippen MR) is 88.3 cm³/mol. The third-order valence-corrected chi connectivity index (χ3v) is 4.37. The second-order valence-electron chi connectivity index (χ2n) is 6.02. The van der Waals surface area contributed by atoms with Crippen LogP contribution in [0.2, 0.25) is 0 Å². The second-order valence-corrected chi connectivity index (χ2v) is 6.02. The molecule has 7 nitrogen and oxygen atoms in total. The number of fused-ring (bicyclic) bond motifs is 1. The zero-order chi connectivity index (χ0) is 17.3. The van der Waals surface area contributed by atoms with Crippen LogP contribution in [0.5, 0.6) is 5.75 Å². The van der Waals surface area contributed by atoms with Crippen LogP contribution in [-0.2, 0) is 4.79 Å². The van der Waals surface area contributed by atoms with Gasteiger partial charge in [0, 0.05) is 26.1 Å². The van der Waals surface area contributed by atoms with E-state index in [2.05, 4.69) is 10.6 Å². The van der Waals surface area contributed by atoms with Crippen molar-refractivity contribution in [3.63, 3.8) is 0 Å². The van der Waals surface area contributed by atoms with Gasteiger partial charge in [0.1, 0.15) is 17.6 Å². The number of rotatable bonds is 3. The molecule has 24 heavy (non-hydrogen) atoms. The van der Waals surface area contributed by atoms with Crippen LogP contribution >= 0.6 is 0 Å². The number of nitrogens with zero attached hydrogens (tertiary/aromatic N) is 2. The van der Waals surface area contributed by atoms with E-state index in [1.807, 2.05) is 0 Å². The maximum atomic E-state index is 13.7. The van der Waals surface area contributed by atoms with Crippen molar-refractivity contribution in [3.05, 3.63) is 18.2 Å². The monoisotopic (exact) mass is 336 g/mol. The number of carbonyl (C=O) groups is 2. The van der Waals surface area contributed by atoms with Crippen molar-refractivity contribution in [3.8, 4) is 5.75 Å². The average molecular weight is 336 g/mol. The number of likely N-dealkylation sites (tertiary alicyclic amines) is 1. The molecule has 8 heteroatoms. The summed E-state index contributed by atoms with van der Waals surface area (Å²) in [4.78, 5) is 27.4. The number of para-hydroxylation sites is 1. The van der Waals surface area contributed by atoms with Crippen molar-refractivity contribution in [1.29, 1.82) is 0 Å². The minimum atomic E-state index is -1.02. The first-order chi connectivity index (χ1) is 11.5. The molecule has 2 aliphatic heterocycles. The maximum Gasteiger partial charge on any atom is 0.322 e. The first kappa shape index (κ1) is 16.5. The van der Waals surface area contributed by atoms with E-state index < -0.39 is 6.17 Å². The molecule has 0 bridgehead atoms. The van der Waals surface area contributed by atoms with E-state index in [1.165, 1.54) is 9.80 Å². The highest BCUT2D eigenvalue weighted by atomic mass is 19.1. The summed E-state index contributed by atoms with van der Waals surface area (Å²) in [6.07, 6.45) is -0.700. The molecule has 2 N–H and O–H groups in total. The summed E-state index contributed by atoms with van der Waals surface area (Å²) in [5.41, 5.74) is 0.988. The standard InChI is InChI=1S/C16H21FN4O3/c1-18-7-11-6-10(17)8-21(11)16(23)19-12-4-3-5-13-15(12)20(2)14(22)9-24-13/h3-5,10-11,18H,6-9H2,1-2H3,(H,19,23)/t10-,11-/m0/s1. The molecule has 0 aliphatic carbocycles. The van der Waals surface area contributed by atoms with E-state index in [-0.39, 0.29) is 31.1 Å². The summed E-state index contributed by atoms with van der Waals surface area (Å²) in [5, 5.41) is 5.77. The summed E-state index contributed by atoms with van der Waals surface area (Å²) < 4.78 is 19.1. The Morgan fingerprint density at radius 3 is 3.00 bits per heavy atom. The molecule has 1 aromatic carbocycles. The molecule has 0 radical (unpaired) electrons. The molecule has 1 aromatic rings. The zero-order valence-electron chi connectivity index (χ0n) is 13.7. The fourth-order valence-corrected chi connectivity index (χ4v) is 3.17. The number of nitrogens with one attached hydrogen (secondary N) is 2. The number of carbonyl (C=O) groups excluding carboxylic acids is 2. The molecule has 1 saturated heterocycles. The van der Waals surface area contributed by atoms with E-state index in [4.69, 9.17) is 4.74 Å². The lowest BCUT2D eigenvalue weighted by Gasteiger charge is -2.29. The highest BCUT2D eigenvalue weighted by Crippen LogP contribution is 2.38. The molecular weight excluding hydrogens is 315 g/mol. The van der Waals surface area contributed by atoms with Gasteiger partial charge in [-0.15, -0.1) is 0 Å². The number of alkyl halides is 1. The quantitative estimate of drug-likeness (QED) is 0.870.